The molecule has 1 N–H and O–H groups in total. The lowest BCUT2D eigenvalue weighted by molar-refractivity contribution is 0.191. The molecule has 0 radical (unpaired) electrons. The lowest BCUT2D eigenvalue weighted by Crippen LogP contribution is -2.16. The minimum atomic E-state index is 0.427. The van der Waals surface area contributed by atoms with Gasteiger partial charge >= 0.3 is 0 Å². The zero-order valence-electron chi connectivity index (χ0n) is 10.7. The predicted octanol–water partition coefficient (Wildman–Crippen LogP) is 3.02. The SMILES string of the molecule is COCCC(C)Nc1ccc2c(ccn2C)c1. The molecule has 1 unspecified atom stereocenters. The number of hydrogen-bond donors (Lipinski definition) is 1. The van der Waals surface area contributed by atoms with Gasteiger partial charge in [0.25, 0.3) is 0 Å². The van der Waals surface area contributed by atoms with Gasteiger partial charge in [0.1, 0.15) is 0 Å². The van der Waals surface area contributed by atoms with Gasteiger partial charge in [-0.25, -0.2) is 0 Å². The fraction of sp³-hybridized carbons (Fsp3) is 0.429. The summed E-state index contributed by atoms with van der Waals surface area (Å²) in [5.74, 6) is 0. The van der Waals surface area contributed by atoms with E-state index in [2.05, 4.69) is 54.3 Å². The van der Waals surface area contributed by atoms with Gasteiger partial charge in [0, 0.05) is 49.6 Å². The molecule has 92 valence electrons. The van der Waals surface area contributed by atoms with Crippen molar-refractivity contribution >= 4 is 16.6 Å². The van der Waals surface area contributed by atoms with Crippen LogP contribution < -0.4 is 5.32 Å². The average molecular weight is 232 g/mol. The summed E-state index contributed by atoms with van der Waals surface area (Å²) in [6, 6.07) is 9.04. The van der Waals surface area contributed by atoms with Gasteiger partial charge < -0.3 is 14.6 Å². The van der Waals surface area contributed by atoms with Gasteiger partial charge in [0.05, 0.1) is 0 Å². The van der Waals surface area contributed by atoms with Gasteiger partial charge in [0.2, 0.25) is 0 Å². The third kappa shape index (κ3) is 2.80. The monoisotopic (exact) mass is 232 g/mol. The Morgan fingerprint density at radius 3 is 2.94 bits per heavy atom. The highest BCUT2D eigenvalue weighted by atomic mass is 16.5. The zero-order valence-corrected chi connectivity index (χ0v) is 10.7. The van der Waals surface area contributed by atoms with Gasteiger partial charge in [-0.3, -0.25) is 0 Å². The second-order valence-electron chi connectivity index (χ2n) is 4.53. The molecule has 0 saturated carbocycles. The minimum Gasteiger partial charge on any atom is -0.385 e. The molecule has 0 amide bonds. The molecule has 3 heteroatoms. The summed E-state index contributed by atoms with van der Waals surface area (Å²) < 4.78 is 7.21. The van der Waals surface area contributed by atoms with Crippen LogP contribution in [0, 0.1) is 0 Å². The van der Waals surface area contributed by atoms with Crippen molar-refractivity contribution in [3.63, 3.8) is 0 Å². The number of rotatable bonds is 5. The van der Waals surface area contributed by atoms with Crippen molar-refractivity contribution in [2.24, 2.45) is 7.05 Å². The van der Waals surface area contributed by atoms with Crippen LogP contribution in [0.1, 0.15) is 13.3 Å². The molecule has 0 fully saturated rings. The molecule has 17 heavy (non-hydrogen) atoms. The molecule has 1 aromatic carbocycles. The van der Waals surface area contributed by atoms with Crippen LogP contribution in [0.2, 0.25) is 0 Å². The summed E-state index contributed by atoms with van der Waals surface area (Å²) in [6.07, 6.45) is 3.10. The van der Waals surface area contributed by atoms with Crippen LogP contribution in [-0.2, 0) is 11.8 Å². The summed E-state index contributed by atoms with van der Waals surface area (Å²) in [4.78, 5) is 0. The van der Waals surface area contributed by atoms with Gasteiger partial charge in [-0.1, -0.05) is 0 Å². The Hall–Kier alpha value is -1.48. The lowest BCUT2D eigenvalue weighted by atomic mass is 10.2. The molecule has 0 aliphatic carbocycles. The minimum absolute atomic E-state index is 0.427. The van der Waals surface area contributed by atoms with Crippen LogP contribution in [0.4, 0.5) is 5.69 Å². The molecule has 0 spiro atoms. The van der Waals surface area contributed by atoms with Gasteiger partial charge in [-0.15, -0.1) is 0 Å². The quantitative estimate of drug-likeness (QED) is 0.857. The normalized spacial score (nSPS) is 12.9. The fourth-order valence-electron chi connectivity index (χ4n) is 2.02. The Labute approximate surface area is 102 Å². The molecule has 3 nitrogen and oxygen atoms in total. The Morgan fingerprint density at radius 1 is 1.35 bits per heavy atom. The van der Waals surface area contributed by atoms with Crippen LogP contribution >= 0.6 is 0 Å². The second-order valence-corrected chi connectivity index (χ2v) is 4.53. The number of fused-ring (bicyclic) bond motifs is 1. The largest absolute Gasteiger partial charge is 0.385 e. The van der Waals surface area contributed by atoms with Gasteiger partial charge in [-0.05, 0) is 37.6 Å². The molecule has 1 aromatic heterocycles. The van der Waals surface area contributed by atoms with E-state index >= 15 is 0 Å². The molecule has 1 atom stereocenters. The maximum Gasteiger partial charge on any atom is 0.0481 e. The predicted molar refractivity (Wildman–Crippen MR) is 72.5 cm³/mol. The third-order valence-corrected chi connectivity index (χ3v) is 3.05. The van der Waals surface area contributed by atoms with Crippen molar-refractivity contribution in [2.45, 2.75) is 19.4 Å². The van der Waals surface area contributed by atoms with Crippen molar-refractivity contribution < 1.29 is 4.74 Å². The Bertz CT molecular complexity index is 490. The van der Waals surface area contributed by atoms with E-state index in [-0.39, 0.29) is 0 Å². The smallest absolute Gasteiger partial charge is 0.0481 e. The van der Waals surface area contributed by atoms with Crippen LogP contribution in [0.15, 0.2) is 30.5 Å². The molecule has 0 aliphatic heterocycles. The number of nitrogens with one attached hydrogen (secondary N) is 1. The van der Waals surface area contributed by atoms with Crippen LogP contribution in [0.3, 0.4) is 0 Å². The molecule has 1 heterocycles. The van der Waals surface area contributed by atoms with Gasteiger partial charge in [-0.2, -0.15) is 0 Å². The van der Waals surface area contributed by atoms with Gasteiger partial charge in [0.15, 0.2) is 0 Å². The van der Waals surface area contributed by atoms with Crippen molar-refractivity contribution in [3.05, 3.63) is 30.5 Å². The highest BCUT2D eigenvalue weighted by Gasteiger charge is 2.03. The Morgan fingerprint density at radius 2 is 2.18 bits per heavy atom. The molecule has 0 aliphatic rings. The van der Waals surface area contributed by atoms with E-state index in [0.717, 1.165) is 13.0 Å². The van der Waals surface area contributed by atoms with Crippen LogP contribution in [0.5, 0.6) is 0 Å². The summed E-state index contributed by atoms with van der Waals surface area (Å²) >= 11 is 0. The maximum absolute atomic E-state index is 5.08. The van der Waals surface area contributed by atoms with Crippen molar-refractivity contribution in [2.75, 3.05) is 19.0 Å². The average Bonchev–Trinajstić information content (AvgIpc) is 2.68. The molecule has 2 aromatic rings. The first-order chi connectivity index (χ1) is 8.20. The van der Waals surface area contributed by atoms with E-state index in [1.165, 1.54) is 16.6 Å². The summed E-state index contributed by atoms with van der Waals surface area (Å²) in [6.45, 7) is 2.97. The Balaban J connectivity index is 2.08. The van der Waals surface area contributed by atoms with E-state index in [4.69, 9.17) is 4.74 Å². The topological polar surface area (TPSA) is 26.2 Å². The highest BCUT2D eigenvalue weighted by Crippen LogP contribution is 2.20. The second kappa shape index (κ2) is 5.23. The van der Waals surface area contributed by atoms with Crippen molar-refractivity contribution in [1.29, 1.82) is 0 Å². The van der Waals surface area contributed by atoms with E-state index in [1.54, 1.807) is 7.11 Å². The number of ether oxygens (including phenoxy) is 1. The standard InChI is InChI=1S/C14H20N2O/c1-11(7-9-17-3)15-13-4-5-14-12(10-13)6-8-16(14)2/h4-6,8,10-11,15H,7,9H2,1-3H3. The number of aryl methyl sites for hydroxylation is 1. The van der Waals surface area contributed by atoms with E-state index in [0.29, 0.717) is 6.04 Å². The number of benzene rings is 1. The van der Waals surface area contributed by atoms with Crippen LogP contribution in [-0.4, -0.2) is 24.3 Å². The molecule has 0 bridgehead atoms. The first-order valence-corrected chi connectivity index (χ1v) is 6.01. The maximum atomic E-state index is 5.08. The number of aromatic nitrogens is 1. The zero-order chi connectivity index (χ0) is 12.3. The first kappa shape index (κ1) is 12.0. The summed E-state index contributed by atoms with van der Waals surface area (Å²) in [7, 11) is 3.80. The third-order valence-electron chi connectivity index (χ3n) is 3.05. The number of methoxy groups -OCH3 is 1. The Kier molecular flexibility index (Phi) is 3.69. The molecule has 0 saturated heterocycles. The fourth-order valence-corrected chi connectivity index (χ4v) is 2.02. The molecular formula is C14H20N2O. The number of anilines is 1. The number of hydrogen-bond acceptors (Lipinski definition) is 2. The summed E-state index contributed by atoms with van der Waals surface area (Å²) in [5.41, 5.74) is 2.44. The highest BCUT2D eigenvalue weighted by molar-refractivity contribution is 5.83. The van der Waals surface area contributed by atoms with Crippen molar-refractivity contribution in [3.8, 4) is 0 Å². The lowest BCUT2D eigenvalue weighted by Gasteiger charge is -2.14. The van der Waals surface area contributed by atoms with E-state index in [9.17, 15) is 0 Å². The van der Waals surface area contributed by atoms with E-state index < -0.39 is 0 Å². The number of nitrogens with zero attached hydrogens (tertiary/aromatic N) is 1. The molecular weight excluding hydrogens is 212 g/mol. The summed E-state index contributed by atoms with van der Waals surface area (Å²) in [5, 5.41) is 4.76. The van der Waals surface area contributed by atoms with Crippen LogP contribution in [0.25, 0.3) is 10.9 Å². The molecule has 2 rings (SSSR count). The van der Waals surface area contributed by atoms with Crippen molar-refractivity contribution in [1.82, 2.24) is 4.57 Å². The van der Waals surface area contributed by atoms with E-state index in [1.807, 2.05) is 0 Å². The first-order valence-electron chi connectivity index (χ1n) is 6.01.